The van der Waals surface area contributed by atoms with Gasteiger partial charge in [-0.05, 0) is 24.5 Å². The Morgan fingerprint density at radius 2 is 2.16 bits per heavy atom. The van der Waals surface area contributed by atoms with Crippen LogP contribution in [0.4, 0.5) is 0 Å². The standard InChI is InChI=1S/C13H16O5S/c1-9(13(14)15)19(16,17)8-12-11-5-3-2-4-10(11)6-7-18-12/h2-5,9,12H,6-8H2,1H3,(H,14,15). The Morgan fingerprint density at radius 1 is 1.47 bits per heavy atom. The molecule has 0 radical (unpaired) electrons. The van der Waals surface area contributed by atoms with Crippen LogP contribution in [0.1, 0.15) is 24.2 Å². The van der Waals surface area contributed by atoms with Gasteiger partial charge in [0.25, 0.3) is 0 Å². The lowest BCUT2D eigenvalue weighted by Crippen LogP contribution is -2.33. The van der Waals surface area contributed by atoms with Crippen molar-refractivity contribution in [1.82, 2.24) is 0 Å². The highest BCUT2D eigenvalue weighted by molar-refractivity contribution is 7.92. The molecule has 1 aromatic carbocycles. The first-order valence-electron chi connectivity index (χ1n) is 6.05. The Kier molecular flexibility index (Phi) is 3.91. The van der Waals surface area contributed by atoms with Crippen molar-refractivity contribution in [2.24, 2.45) is 0 Å². The van der Waals surface area contributed by atoms with Crippen LogP contribution in [0.5, 0.6) is 0 Å². The lowest BCUT2D eigenvalue weighted by atomic mass is 9.99. The third-order valence-corrected chi connectivity index (χ3v) is 5.41. The third-order valence-electron chi connectivity index (χ3n) is 3.36. The van der Waals surface area contributed by atoms with Crippen LogP contribution in [0.15, 0.2) is 24.3 Å². The fraction of sp³-hybridized carbons (Fsp3) is 0.462. The molecule has 0 aromatic heterocycles. The first-order valence-corrected chi connectivity index (χ1v) is 7.77. The predicted octanol–water partition coefficient (Wildman–Crippen LogP) is 1.19. The number of benzene rings is 1. The highest BCUT2D eigenvalue weighted by atomic mass is 32.2. The zero-order valence-corrected chi connectivity index (χ0v) is 11.4. The molecule has 1 aliphatic heterocycles. The van der Waals surface area contributed by atoms with Crippen LogP contribution < -0.4 is 0 Å². The largest absolute Gasteiger partial charge is 0.480 e. The summed E-state index contributed by atoms with van der Waals surface area (Å²) in [5, 5.41) is 7.41. The van der Waals surface area contributed by atoms with Gasteiger partial charge < -0.3 is 9.84 Å². The fourth-order valence-corrected chi connectivity index (χ4v) is 3.42. The second-order valence-corrected chi connectivity index (χ2v) is 6.98. The number of carboxylic acids is 1. The van der Waals surface area contributed by atoms with Crippen molar-refractivity contribution in [3.63, 3.8) is 0 Å². The van der Waals surface area contributed by atoms with E-state index < -0.39 is 27.2 Å². The SMILES string of the molecule is CC(C(=O)O)S(=O)(=O)CC1OCCc2ccccc21. The molecule has 6 heteroatoms. The number of sulfone groups is 1. The molecule has 0 spiro atoms. The molecule has 0 saturated heterocycles. The summed E-state index contributed by atoms with van der Waals surface area (Å²) in [6.07, 6.45) is 0.179. The molecule has 5 nitrogen and oxygen atoms in total. The Hall–Kier alpha value is -1.40. The van der Waals surface area contributed by atoms with Gasteiger partial charge in [0.2, 0.25) is 0 Å². The summed E-state index contributed by atoms with van der Waals surface area (Å²) in [6.45, 7) is 1.64. The van der Waals surface area contributed by atoms with Gasteiger partial charge in [0, 0.05) is 0 Å². The van der Waals surface area contributed by atoms with Crippen LogP contribution in [0.3, 0.4) is 0 Å². The molecule has 0 bridgehead atoms. The lowest BCUT2D eigenvalue weighted by Gasteiger charge is -2.26. The van der Waals surface area contributed by atoms with Crippen molar-refractivity contribution in [1.29, 1.82) is 0 Å². The second kappa shape index (κ2) is 5.30. The van der Waals surface area contributed by atoms with Crippen molar-refractivity contribution in [3.05, 3.63) is 35.4 Å². The van der Waals surface area contributed by atoms with Crippen LogP contribution in [0.25, 0.3) is 0 Å². The molecule has 0 fully saturated rings. The van der Waals surface area contributed by atoms with Crippen LogP contribution >= 0.6 is 0 Å². The van der Waals surface area contributed by atoms with Gasteiger partial charge in [-0.1, -0.05) is 24.3 Å². The summed E-state index contributed by atoms with van der Waals surface area (Å²) in [4.78, 5) is 10.8. The smallest absolute Gasteiger partial charge is 0.321 e. The van der Waals surface area contributed by atoms with Crippen LogP contribution in [-0.2, 0) is 25.8 Å². The van der Waals surface area contributed by atoms with Crippen molar-refractivity contribution in [2.75, 3.05) is 12.4 Å². The van der Waals surface area contributed by atoms with E-state index in [1.54, 1.807) is 0 Å². The normalized spacial score (nSPS) is 20.6. The molecule has 0 saturated carbocycles. The Labute approximate surface area is 112 Å². The maximum Gasteiger partial charge on any atom is 0.321 e. The molecule has 1 aromatic rings. The molecule has 2 atom stereocenters. The topological polar surface area (TPSA) is 80.7 Å². The molecule has 1 aliphatic rings. The highest BCUT2D eigenvalue weighted by Gasteiger charge is 2.33. The number of ether oxygens (including phenoxy) is 1. The number of carbonyl (C=O) groups is 1. The third kappa shape index (κ3) is 2.96. The van der Waals surface area contributed by atoms with Gasteiger partial charge in [-0.2, -0.15) is 0 Å². The van der Waals surface area contributed by atoms with Gasteiger partial charge in [-0.3, -0.25) is 4.79 Å². The van der Waals surface area contributed by atoms with Crippen molar-refractivity contribution < 1.29 is 23.1 Å². The lowest BCUT2D eigenvalue weighted by molar-refractivity contribution is -0.136. The molecular formula is C13H16O5S. The van der Waals surface area contributed by atoms with Gasteiger partial charge in [0.15, 0.2) is 15.1 Å². The summed E-state index contributed by atoms with van der Waals surface area (Å²) in [5.41, 5.74) is 1.91. The number of rotatable bonds is 4. The molecule has 2 rings (SSSR count). The van der Waals surface area contributed by atoms with E-state index in [9.17, 15) is 13.2 Å². The molecule has 19 heavy (non-hydrogen) atoms. The zero-order valence-electron chi connectivity index (χ0n) is 10.6. The Balaban J connectivity index is 2.24. The number of fused-ring (bicyclic) bond motifs is 1. The van der Waals surface area contributed by atoms with E-state index in [-0.39, 0.29) is 5.75 Å². The van der Waals surface area contributed by atoms with E-state index in [0.717, 1.165) is 17.5 Å². The van der Waals surface area contributed by atoms with Gasteiger partial charge in [0.1, 0.15) is 0 Å². The van der Waals surface area contributed by atoms with Gasteiger partial charge >= 0.3 is 5.97 Å². The first kappa shape index (κ1) is 14.0. The summed E-state index contributed by atoms with van der Waals surface area (Å²) in [6, 6.07) is 7.50. The molecular weight excluding hydrogens is 268 g/mol. The van der Waals surface area contributed by atoms with Crippen molar-refractivity contribution in [2.45, 2.75) is 24.7 Å². The number of carboxylic acid groups (broad SMARTS) is 1. The van der Waals surface area contributed by atoms with Crippen LogP contribution in [-0.4, -0.2) is 37.1 Å². The van der Waals surface area contributed by atoms with Crippen molar-refractivity contribution in [3.8, 4) is 0 Å². The van der Waals surface area contributed by atoms with Crippen LogP contribution in [0, 0.1) is 0 Å². The van der Waals surface area contributed by atoms with E-state index in [1.807, 2.05) is 24.3 Å². The van der Waals surface area contributed by atoms with Gasteiger partial charge in [0.05, 0.1) is 18.5 Å². The second-order valence-electron chi connectivity index (χ2n) is 4.62. The van der Waals surface area contributed by atoms with E-state index >= 15 is 0 Å². The molecule has 0 amide bonds. The Morgan fingerprint density at radius 3 is 2.84 bits per heavy atom. The van der Waals surface area contributed by atoms with E-state index in [0.29, 0.717) is 6.61 Å². The first-order chi connectivity index (χ1) is 8.92. The van der Waals surface area contributed by atoms with Gasteiger partial charge in [-0.25, -0.2) is 8.42 Å². The maximum absolute atomic E-state index is 12.0. The average molecular weight is 284 g/mol. The van der Waals surface area contributed by atoms with E-state index in [1.165, 1.54) is 6.92 Å². The summed E-state index contributed by atoms with van der Waals surface area (Å²) in [7, 11) is -3.73. The fourth-order valence-electron chi connectivity index (χ4n) is 2.12. The minimum atomic E-state index is -3.73. The maximum atomic E-state index is 12.0. The molecule has 2 unspecified atom stereocenters. The predicted molar refractivity (Wildman–Crippen MR) is 69.7 cm³/mol. The van der Waals surface area contributed by atoms with Gasteiger partial charge in [-0.15, -0.1) is 0 Å². The number of hydrogen-bond acceptors (Lipinski definition) is 4. The number of aliphatic carboxylic acids is 1. The zero-order chi connectivity index (χ0) is 14.0. The summed E-state index contributed by atoms with van der Waals surface area (Å²) >= 11 is 0. The van der Waals surface area contributed by atoms with Crippen molar-refractivity contribution >= 4 is 15.8 Å². The quantitative estimate of drug-likeness (QED) is 0.898. The van der Waals surface area contributed by atoms with E-state index in [2.05, 4.69) is 0 Å². The molecule has 104 valence electrons. The van der Waals surface area contributed by atoms with E-state index in [4.69, 9.17) is 9.84 Å². The monoisotopic (exact) mass is 284 g/mol. The summed E-state index contributed by atoms with van der Waals surface area (Å²) < 4.78 is 29.5. The summed E-state index contributed by atoms with van der Waals surface area (Å²) in [5.74, 6) is -1.62. The Bertz CT molecular complexity index is 578. The molecule has 1 heterocycles. The molecule has 0 aliphatic carbocycles. The highest BCUT2D eigenvalue weighted by Crippen LogP contribution is 2.28. The molecule has 1 N–H and O–H groups in total. The minimum Gasteiger partial charge on any atom is -0.480 e. The average Bonchev–Trinajstić information content (AvgIpc) is 2.38. The van der Waals surface area contributed by atoms with Crippen LogP contribution in [0.2, 0.25) is 0 Å². The minimum absolute atomic E-state index is 0.294. The number of hydrogen-bond donors (Lipinski definition) is 1.